The summed E-state index contributed by atoms with van der Waals surface area (Å²) in [5, 5.41) is 3.05. The first-order chi connectivity index (χ1) is 7.74. The molecule has 1 aromatic rings. The fourth-order valence-corrected chi connectivity index (χ4v) is 2.24. The molecule has 86 valence electrons. The third-order valence-corrected chi connectivity index (χ3v) is 3.03. The van der Waals surface area contributed by atoms with Gasteiger partial charge in [0.1, 0.15) is 0 Å². The molecule has 0 radical (unpaired) electrons. The second kappa shape index (κ2) is 4.74. The van der Waals surface area contributed by atoms with Crippen LogP contribution >= 0.6 is 0 Å². The van der Waals surface area contributed by atoms with Crippen LogP contribution in [0.15, 0.2) is 29.8 Å². The number of rotatable bonds is 3. The molecule has 1 atom stereocenters. The van der Waals surface area contributed by atoms with Gasteiger partial charge in [0.25, 0.3) is 0 Å². The Morgan fingerprint density at radius 2 is 2.12 bits per heavy atom. The van der Waals surface area contributed by atoms with Gasteiger partial charge in [-0.25, -0.2) is 8.78 Å². The van der Waals surface area contributed by atoms with Gasteiger partial charge in [-0.1, -0.05) is 23.8 Å². The molecule has 2 rings (SSSR count). The largest absolute Gasteiger partial charge is 0.310 e. The van der Waals surface area contributed by atoms with Crippen molar-refractivity contribution in [3.05, 3.63) is 47.0 Å². The number of halogens is 2. The Morgan fingerprint density at radius 1 is 1.31 bits per heavy atom. The molecule has 1 aliphatic rings. The van der Waals surface area contributed by atoms with E-state index in [1.54, 1.807) is 19.2 Å². The van der Waals surface area contributed by atoms with E-state index < -0.39 is 11.6 Å². The van der Waals surface area contributed by atoms with Crippen LogP contribution in [0.3, 0.4) is 0 Å². The van der Waals surface area contributed by atoms with Crippen molar-refractivity contribution in [2.75, 3.05) is 7.05 Å². The minimum absolute atomic E-state index is 0.196. The minimum Gasteiger partial charge on any atom is -0.310 e. The van der Waals surface area contributed by atoms with E-state index in [-0.39, 0.29) is 6.04 Å². The van der Waals surface area contributed by atoms with Gasteiger partial charge in [-0.05, 0) is 32.4 Å². The third kappa shape index (κ3) is 2.00. The van der Waals surface area contributed by atoms with Crippen LogP contribution in [0.2, 0.25) is 0 Å². The highest BCUT2D eigenvalue weighted by atomic mass is 19.2. The summed E-state index contributed by atoms with van der Waals surface area (Å²) in [5.74, 6) is -1.52. The molecule has 0 fully saturated rings. The first kappa shape index (κ1) is 11.3. The summed E-state index contributed by atoms with van der Waals surface area (Å²) in [6.45, 7) is 0. The maximum atomic E-state index is 13.6. The Morgan fingerprint density at radius 3 is 2.75 bits per heavy atom. The van der Waals surface area contributed by atoms with Crippen molar-refractivity contribution in [2.24, 2.45) is 0 Å². The molecule has 0 spiro atoms. The van der Waals surface area contributed by atoms with E-state index in [4.69, 9.17) is 0 Å². The zero-order valence-corrected chi connectivity index (χ0v) is 9.26. The predicted molar refractivity (Wildman–Crippen MR) is 60.1 cm³/mol. The molecule has 0 amide bonds. The number of likely N-dealkylation sites (N-methyl/N-ethyl adjacent to an activating group) is 1. The van der Waals surface area contributed by atoms with Gasteiger partial charge in [0, 0.05) is 5.56 Å². The molecular weight excluding hydrogens is 208 g/mol. The number of nitrogens with one attached hydrogen (secondary N) is 1. The third-order valence-electron chi connectivity index (χ3n) is 3.03. The predicted octanol–water partition coefficient (Wildman–Crippen LogP) is 3.34. The van der Waals surface area contributed by atoms with E-state index in [0.29, 0.717) is 5.56 Å². The fourth-order valence-electron chi connectivity index (χ4n) is 2.24. The quantitative estimate of drug-likeness (QED) is 0.775. The maximum Gasteiger partial charge on any atom is 0.163 e. The molecule has 1 nitrogen and oxygen atoms in total. The normalized spacial score (nSPS) is 17.3. The zero-order chi connectivity index (χ0) is 11.5. The van der Waals surface area contributed by atoms with E-state index in [1.165, 1.54) is 0 Å². The molecule has 0 saturated carbocycles. The molecule has 0 heterocycles. The lowest BCUT2D eigenvalue weighted by Crippen LogP contribution is -2.19. The van der Waals surface area contributed by atoms with E-state index in [2.05, 4.69) is 11.4 Å². The van der Waals surface area contributed by atoms with Crippen molar-refractivity contribution in [1.29, 1.82) is 0 Å². The summed E-state index contributed by atoms with van der Waals surface area (Å²) in [7, 11) is 1.77. The molecule has 1 unspecified atom stereocenters. The van der Waals surface area contributed by atoms with Crippen molar-refractivity contribution in [1.82, 2.24) is 5.32 Å². The molecule has 16 heavy (non-hydrogen) atoms. The Bertz CT molecular complexity index is 412. The topological polar surface area (TPSA) is 12.0 Å². The molecular formula is C13H15F2N. The van der Waals surface area contributed by atoms with E-state index in [9.17, 15) is 8.78 Å². The smallest absolute Gasteiger partial charge is 0.163 e. The van der Waals surface area contributed by atoms with Crippen LogP contribution in [-0.4, -0.2) is 7.05 Å². The second-order valence-electron chi connectivity index (χ2n) is 4.04. The van der Waals surface area contributed by atoms with E-state index in [1.807, 2.05) is 0 Å². The lowest BCUT2D eigenvalue weighted by atomic mass is 9.97. The highest BCUT2D eigenvalue weighted by Crippen LogP contribution is 2.32. The molecule has 0 aliphatic heterocycles. The second-order valence-corrected chi connectivity index (χ2v) is 4.04. The monoisotopic (exact) mass is 223 g/mol. The van der Waals surface area contributed by atoms with Gasteiger partial charge in [0.15, 0.2) is 11.6 Å². The molecule has 0 saturated heterocycles. The summed E-state index contributed by atoms with van der Waals surface area (Å²) in [6.07, 6.45) is 5.21. The van der Waals surface area contributed by atoms with Crippen molar-refractivity contribution < 1.29 is 8.78 Å². The molecule has 1 N–H and O–H groups in total. The lowest BCUT2D eigenvalue weighted by Gasteiger charge is -2.19. The van der Waals surface area contributed by atoms with Crippen LogP contribution in [0.1, 0.15) is 30.9 Å². The SMILES string of the molecule is CNC(C1=CCCC1)c1cccc(F)c1F. The summed E-state index contributed by atoms with van der Waals surface area (Å²) in [5.41, 5.74) is 1.56. The molecule has 0 bridgehead atoms. The summed E-state index contributed by atoms with van der Waals surface area (Å²) >= 11 is 0. The van der Waals surface area contributed by atoms with Crippen LogP contribution < -0.4 is 5.32 Å². The molecule has 3 heteroatoms. The fraction of sp³-hybridized carbons (Fsp3) is 0.385. The highest BCUT2D eigenvalue weighted by Gasteiger charge is 2.21. The van der Waals surface area contributed by atoms with Crippen molar-refractivity contribution in [3.8, 4) is 0 Å². The highest BCUT2D eigenvalue weighted by molar-refractivity contribution is 5.31. The minimum atomic E-state index is -0.781. The Hall–Kier alpha value is -1.22. The summed E-state index contributed by atoms with van der Waals surface area (Å²) in [4.78, 5) is 0. The van der Waals surface area contributed by atoms with Gasteiger partial charge in [0.2, 0.25) is 0 Å². The van der Waals surface area contributed by atoms with Crippen LogP contribution in [0.25, 0.3) is 0 Å². The summed E-state index contributed by atoms with van der Waals surface area (Å²) < 4.78 is 26.8. The number of hydrogen-bond acceptors (Lipinski definition) is 1. The van der Waals surface area contributed by atoms with Gasteiger partial charge in [-0.3, -0.25) is 0 Å². The number of hydrogen-bond donors (Lipinski definition) is 1. The van der Waals surface area contributed by atoms with E-state index in [0.717, 1.165) is 30.9 Å². The van der Waals surface area contributed by atoms with Gasteiger partial charge in [0.05, 0.1) is 6.04 Å². The standard InChI is InChI=1S/C13H15F2N/c1-16-13(9-5-2-3-6-9)10-7-4-8-11(14)12(10)15/h4-5,7-8,13,16H,2-3,6H2,1H3. The van der Waals surface area contributed by atoms with Gasteiger partial charge < -0.3 is 5.32 Å². The van der Waals surface area contributed by atoms with Crippen molar-refractivity contribution in [2.45, 2.75) is 25.3 Å². The van der Waals surface area contributed by atoms with Crippen molar-refractivity contribution in [3.63, 3.8) is 0 Å². The average molecular weight is 223 g/mol. The van der Waals surface area contributed by atoms with Crippen LogP contribution in [0.5, 0.6) is 0 Å². The van der Waals surface area contributed by atoms with Gasteiger partial charge in [-0.15, -0.1) is 0 Å². The van der Waals surface area contributed by atoms with E-state index >= 15 is 0 Å². The lowest BCUT2D eigenvalue weighted by molar-refractivity contribution is 0.484. The molecule has 0 aromatic heterocycles. The van der Waals surface area contributed by atoms with Crippen LogP contribution in [-0.2, 0) is 0 Å². The molecule has 1 aliphatic carbocycles. The number of allylic oxidation sites excluding steroid dienone is 1. The number of benzene rings is 1. The average Bonchev–Trinajstić information content (AvgIpc) is 2.79. The maximum absolute atomic E-state index is 13.6. The summed E-state index contributed by atoms with van der Waals surface area (Å²) in [6, 6.07) is 4.14. The van der Waals surface area contributed by atoms with Crippen LogP contribution in [0.4, 0.5) is 8.78 Å². The Balaban J connectivity index is 2.36. The zero-order valence-electron chi connectivity index (χ0n) is 9.26. The Labute approximate surface area is 94.2 Å². The van der Waals surface area contributed by atoms with Gasteiger partial charge >= 0.3 is 0 Å². The van der Waals surface area contributed by atoms with Gasteiger partial charge in [-0.2, -0.15) is 0 Å². The Kier molecular flexibility index (Phi) is 3.34. The first-order valence-corrected chi connectivity index (χ1v) is 5.54. The van der Waals surface area contributed by atoms with Crippen LogP contribution in [0, 0.1) is 11.6 Å². The first-order valence-electron chi connectivity index (χ1n) is 5.54. The van der Waals surface area contributed by atoms with Crippen molar-refractivity contribution >= 4 is 0 Å². The molecule has 1 aromatic carbocycles.